The van der Waals surface area contributed by atoms with Crippen LogP contribution in [-0.2, 0) is 4.79 Å². The maximum Gasteiger partial charge on any atom is 0.241 e. The van der Waals surface area contributed by atoms with Gasteiger partial charge < -0.3 is 10.6 Å². The molecule has 5 nitrogen and oxygen atoms in total. The Morgan fingerprint density at radius 3 is 2.71 bits per heavy atom. The lowest BCUT2D eigenvalue weighted by Gasteiger charge is -2.18. The summed E-state index contributed by atoms with van der Waals surface area (Å²) in [6.07, 6.45) is 3.88. The van der Waals surface area contributed by atoms with Gasteiger partial charge in [-0.15, -0.1) is 0 Å². The third-order valence-electron chi connectivity index (χ3n) is 2.54. The molecule has 0 radical (unpaired) electrons. The molecule has 94 valence electrons. The van der Waals surface area contributed by atoms with E-state index in [4.69, 9.17) is 0 Å². The molecule has 2 N–H and O–H groups in total. The lowest BCUT2D eigenvalue weighted by Crippen LogP contribution is -2.39. The average Bonchev–Trinajstić information content (AvgIpc) is 2.28. The standard InChI is InChI=1S/C12H20N4O/c1-8(2)5-10(13-4)12(17)16-11-6-14-7-15-9(11)3/h6-8,10,13H,5H2,1-4H3,(H,16,17). The molecule has 0 spiro atoms. The van der Waals surface area contributed by atoms with Gasteiger partial charge in [-0.2, -0.15) is 0 Å². The van der Waals surface area contributed by atoms with Crippen LogP contribution in [0.5, 0.6) is 0 Å². The van der Waals surface area contributed by atoms with Crippen LogP contribution in [-0.4, -0.2) is 29.0 Å². The monoisotopic (exact) mass is 236 g/mol. The first-order valence-electron chi connectivity index (χ1n) is 5.79. The number of nitrogens with one attached hydrogen (secondary N) is 2. The Morgan fingerprint density at radius 2 is 2.18 bits per heavy atom. The summed E-state index contributed by atoms with van der Waals surface area (Å²) in [5, 5.41) is 5.86. The summed E-state index contributed by atoms with van der Waals surface area (Å²) >= 11 is 0. The second-order valence-electron chi connectivity index (χ2n) is 4.48. The number of carbonyl (C=O) groups excluding carboxylic acids is 1. The number of hydrogen-bond donors (Lipinski definition) is 2. The Balaban J connectivity index is 2.67. The second-order valence-corrected chi connectivity index (χ2v) is 4.48. The number of carbonyl (C=O) groups is 1. The molecule has 0 aliphatic rings. The molecule has 0 aliphatic carbocycles. The highest BCUT2D eigenvalue weighted by Gasteiger charge is 2.18. The van der Waals surface area contributed by atoms with Gasteiger partial charge in [-0.3, -0.25) is 4.79 Å². The molecule has 0 saturated heterocycles. The highest BCUT2D eigenvalue weighted by atomic mass is 16.2. The lowest BCUT2D eigenvalue weighted by atomic mass is 10.0. The molecule has 1 atom stereocenters. The summed E-state index contributed by atoms with van der Waals surface area (Å²) < 4.78 is 0. The Bertz CT molecular complexity index is 379. The van der Waals surface area contributed by atoms with E-state index in [9.17, 15) is 4.79 Å². The second kappa shape index (κ2) is 6.30. The predicted octanol–water partition coefficient (Wildman–Crippen LogP) is 1.36. The molecule has 0 fully saturated rings. The highest BCUT2D eigenvalue weighted by Crippen LogP contribution is 2.11. The Kier molecular flexibility index (Phi) is 5.03. The van der Waals surface area contributed by atoms with E-state index in [1.165, 1.54) is 6.33 Å². The SMILES string of the molecule is CNC(CC(C)C)C(=O)Nc1cncnc1C. The van der Waals surface area contributed by atoms with Crippen LogP contribution in [0.2, 0.25) is 0 Å². The van der Waals surface area contributed by atoms with Crippen molar-refractivity contribution in [1.82, 2.24) is 15.3 Å². The number of amides is 1. The maximum absolute atomic E-state index is 12.0. The summed E-state index contributed by atoms with van der Waals surface area (Å²) in [6, 6.07) is -0.186. The molecule has 17 heavy (non-hydrogen) atoms. The van der Waals surface area contributed by atoms with E-state index in [1.54, 1.807) is 13.2 Å². The molecule has 1 rings (SSSR count). The third-order valence-corrected chi connectivity index (χ3v) is 2.54. The molecule has 1 unspecified atom stereocenters. The first-order chi connectivity index (χ1) is 8.04. The fourth-order valence-electron chi connectivity index (χ4n) is 1.56. The fraction of sp³-hybridized carbons (Fsp3) is 0.583. The number of aromatic nitrogens is 2. The van der Waals surface area contributed by atoms with Gasteiger partial charge in [0, 0.05) is 0 Å². The number of nitrogens with zero attached hydrogens (tertiary/aromatic N) is 2. The summed E-state index contributed by atoms with van der Waals surface area (Å²) in [7, 11) is 1.79. The first kappa shape index (κ1) is 13.6. The van der Waals surface area contributed by atoms with E-state index in [1.807, 2.05) is 6.92 Å². The molecule has 1 amide bonds. The zero-order valence-corrected chi connectivity index (χ0v) is 10.8. The van der Waals surface area contributed by atoms with Crippen molar-refractivity contribution in [1.29, 1.82) is 0 Å². The smallest absolute Gasteiger partial charge is 0.241 e. The quantitative estimate of drug-likeness (QED) is 0.810. The molecule has 1 aromatic rings. The topological polar surface area (TPSA) is 66.9 Å². The number of likely N-dealkylation sites (N-methyl/N-ethyl adjacent to an activating group) is 1. The van der Waals surface area contributed by atoms with Crippen molar-refractivity contribution < 1.29 is 4.79 Å². The van der Waals surface area contributed by atoms with Gasteiger partial charge in [0.15, 0.2) is 0 Å². The van der Waals surface area contributed by atoms with Gasteiger partial charge in [-0.1, -0.05) is 13.8 Å². The molecule has 0 aromatic carbocycles. The zero-order valence-electron chi connectivity index (χ0n) is 10.8. The number of hydrogen-bond acceptors (Lipinski definition) is 4. The van der Waals surface area contributed by atoms with Crippen LogP contribution in [0.25, 0.3) is 0 Å². The Morgan fingerprint density at radius 1 is 1.47 bits per heavy atom. The molecular formula is C12H20N4O. The minimum atomic E-state index is -0.186. The van der Waals surface area contributed by atoms with Crippen molar-refractivity contribution in [3.63, 3.8) is 0 Å². The van der Waals surface area contributed by atoms with Crippen molar-refractivity contribution in [2.24, 2.45) is 5.92 Å². The molecule has 1 aromatic heterocycles. The molecule has 0 saturated carbocycles. The van der Waals surface area contributed by atoms with E-state index >= 15 is 0 Å². The van der Waals surface area contributed by atoms with Gasteiger partial charge in [0.25, 0.3) is 0 Å². The van der Waals surface area contributed by atoms with Crippen LogP contribution in [0.15, 0.2) is 12.5 Å². The van der Waals surface area contributed by atoms with E-state index in [2.05, 4.69) is 34.4 Å². The molecular weight excluding hydrogens is 216 g/mol. The van der Waals surface area contributed by atoms with Gasteiger partial charge in [0.05, 0.1) is 23.6 Å². The van der Waals surface area contributed by atoms with Crippen molar-refractivity contribution in [3.05, 3.63) is 18.2 Å². The van der Waals surface area contributed by atoms with Crippen LogP contribution in [0, 0.1) is 12.8 Å². The van der Waals surface area contributed by atoms with Crippen LogP contribution in [0.1, 0.15) is 26.0 Å². The van der Waals surface area contributed by atoms with Crippen LogP contribution in [0.3, 0.4) is 0 Å². The fourth-order valence-corrected chi connectivity index (χ4v) is 1.56. The number of rotatable bonds is 5. The van der Waals surface area contributed by atoms with Crippen molar-refractivity contribution in [2.45, 2.75) is 33.2 Å². The zero-order chi connectivity index (χ0) is 12.8. The van der Waals surface area contributed by atoms with Crippen molar-refractivity contribution in [3.8, 4) is 0 Å². The number of anilines is 1. The van der Waals surface area contributed by atoms with Gasteiger partial charge in [0.2, 0.25) is 5.91 Å². The minimum absolute atomic E-state index is 0.0425. The third kappa shape index (κ3) is 4.11. The maximum atomic E-state index is 12.0. The highest BCUT2D eigenvalue weighted by molar-refractivity contribution is 5.95. The minimum Gasteiger partial charge on any atom is -0.322 e. The van der Waals surface area contributed by atoms with Gasteiger partial charge in [-0.05, 0) is 26.3 Å². The van der Waals surface area contributed by atoms with E-state index in [-0.39, 0.29) is 11.9 Å². The van der Waals surface area contributed by atoms with Gasteiger partial charge in [-0.25, -0.2) is 9.97 Å². The van der Waals surface area contributed by atoms with Crippen molar-refractivity contribution >= 4 is 11.6 Å². The molecule has 0 aliphatic heterocycles. The molecule has 1 heterocycles. The van der Waals surface area contributed by atoms with E-state index in [0.717, 1.165) is 12.1 Å². The first-order valence-corrected chi connectivity index (χ1v) is 5.79. The summed E-state index contributed by atoms with van der Waals surface area (Å²) in [4.78, 5) is 19.9. The molecule has 5 heteroatoms. The van der Waals surface area contributed by atoms with E-state index < -0.39 is 0 Å². The molecule has 0 bridgehead atoms. The normalized spacial score (nSPS) is 12.5. The predicted molar refractivity (Wildman–Crippen MR) is 67.7 cm³/mol. The average molecular weight is 236 g/mol. The lowest BCUT2D eigenvalue weighted by molar-refractivity contribution is -0.118. The Hall–Kier alpha value is -1.49. The largest absolute Gasteiger partial charge is 0.322 e. The van der Waals surface area contributed by atoms with Gasteiger partial charge in [0.1, 0.15) is 6.33 Å². The summed E-state index contributed by atoms with van der Waals surface area (Å²) in [6.45, 7) is 6.02. The van der Waals surface area contributed by atoms with Crippen LogP contribution in [0.4, 0.5) is 5.69 Å². The van der Waals surface area contributed by atoms with E-state index in [0.29, 0.717) is 11.6 Å². The van der Waals surface area contributed by atoms with Gasteiger partial charge >= 0.3 is 0 Å². The number of aryl methyl sites for hydroxylation is 1. The van der Waals surface area contributed by atoms with Crippen LogP contribution >= 0.6 is 0 Å². The summed E-state index contributed by atoms with van der Waals surface area (Å²) in [5.74, 6) is 0.422. The van der Waals surface area contributed by atoms with Crippen LogP contribution < -0.4 is 10.6 Å². The summed E-state index contributed by atoms with van der Waals surface area (Å²) in [5.41, 5.74) is 1.44. The Labute approximate surface area is 102 Å². The van der Waals surface area contributed by atoms with Crippen molar-refractivity contribution in [2.75, 3.05) is 12.4 Å².